The highest BCUT2D eigenvalue weighted by atomic mass is 32.2. The van der Waals surface area contributed by atoms with Gasteiger partial charge in [-0.2, -0.15) is 0 Å². The van der Waals surface area contributed by atoms with Crippen LogP contribution in [-0.4, -0.2) is 40.3 Å². The summed E-state index contributed by atoms with van der Waals surface area (Å²) in [7, 11) is -3.85. The van der Waals surface area contributed by atoms with Crippen LogP contribution < -0.4 is 15.2 Å². The van der Waals surface area contributed by atoms with Crippen LogP contribution in [0.4, 0.5) is 0 Å². The van der Waals surface area contributed by atoms with Gasteiger partial charge in [0.05, 0.1) is 16.4 Å². The van der Waals surface area contributed by atoms with Crippen molar-refractivity contribution in [3.63, 3.8) is 0 Å². The highest BCUT2D eigenvalue weighted by Crippen LogP contribution is 2.28. The molecule has 0 spiro atoms. The molecule has 178 valence electrons. The van der Waals surface area contributed by atoms with E-state index in [0.29, 0.717) is 21.7 Å². The van der Waals surface area contributed by atoms with Crippen molar-refractivity contribution in [1.82, 2.24) is 25.3 Å². The smallest absolute Gasteiger partial charge is 0.265 e. The number of aromatic nitrogens is 4. The molecule has 1 fully saturated rings. The first kappa shape index (κ1) is 23.6. The zero-order chi connectivity index (χ0) is 23.6. The topological polar surface area (TPSA) is 142 Å². The third-order valence-corrected chi connectivity index (χ3v) is 8.00. The molecular formula is C21H28N6O4S2. The summed E-state index contributed by atoms with van der Waals surface area (Å²) < 4.78 is 31.0. The standard InChI is InChI=1S/C21H28N6O4S2/c1-13(2)19(20(28)23-14-6-4-3-5-7-14)27-11-15(25-26-27)12-31-16-8-9-17-18(10-16)32-21(24-17)33(22,29)30/h8-11,13-14,19H,3-7,12H2,1-2H3,(H,23,28)(H2,22,29,30)/t19-/m0/s1. The van der Waals surface area contributed by atoms with Crippen molar-refractivity contribution >= 4 is 37.5 Å². The van der Waals surface area contributed by atoms with Gasteiger partial charge in [-0.1, -0.05) is 38.3 Å². The van der Waals surface area contributed by atoms with Crippen molar-refractivity contribution in [3.05, 3.63) is 30.1 Å². The number of thiazole rings is 1. The number of nitrogens with zero attached hydrogens (tertiary/aromatic N) is 4. The van der Waals surface area contributed by atoms with Gasteiger partial charge < -0.3 is 10.1 Å². The van der Waals surface area contributed by atoms with Crippen molar-refractivity contribution in [2.45, 2.75) is 69.0 Å². The molecule has 0 aliphatic heterocycles. The Bertz CT molecular complexity index is 1230. The van der Waals surface area contributed by atoms with Crippen LogP contribution in [-0.2, 0) is 21.4 Å². The third kappa shape index (κ3) is 5.68. The van der Waals surface area contributed by atoms with Crippen molar-refractivity contribution in [2.24, 2.45) is 11.1 Å². The second-order valence-corrected chi connectivity index (χ2v) is 11.4. The number of hydrogen-bond acceptors (Lipinski definition) is 8. The van der Waals surface area contributed by atoms with E-state index in [1.807, 2.05) is 13.8 Å². The summed E-state index contributed by atoms with van der Waals surface area (Å²) in [6.45, 7) is 4.13. The normalized spacial score (nSPS) is 16.2. The molecule has 0 unspecified atom stereocenters. The Morgan fingerprint density at radius 2 is 2.06 bits per heavy atom. The summed E-state index contributed by atoms with van der Waals surface area (Å²) in [5.41, 5.74) is 1.12. The zero-order valence-corrected chi connectivity index (χ0v) is 20.2. The predicted molar refractivity (Wildman–Crippen MR) is 124 cm³/mol. The molecule has 1 saturated carbocycles. The largest absolute Gasteiger partial charge is 0.487 e. The van der Waals surface area contributed by atoms with Crippen LogP contribution in [0.25, 0.3) is 10.2 Å². The monoisotopic (exact) mass is 492 g/mol. The molecule has 33 heavy (non-hydrogen) atoms. The van der Waals surface area contributed by atoms with Crippen LogP contribution in [0.1, 0.15) is 57.7 Å². The number of amides is 1. The molecule has 1 aromatic carbocycles. The summed E-state index contributed by atoms with van der Waals surface area (Å²) in [5, 5.41) is 16.7. The number of nitrogens with one attached hydrogen (secondary N) is 1. The highest BCUT2D eigenvalue weighted by Gasteiger charge is 2.28. The molecule has 4 rings (SSSR count). The number of rotatable bonds is 8. The van der Waals surface area contributed by atoms with Crippen molar-refractivity contribution in [3.8, 4) is 5.75 Å². The number of ether oxygens (including phenoxy) is 1. The fourth-order valence-corrected chi connectivity index (χ4v) is 5.71. The fourth-order valence-electron chi connectivity index (χ4n) is 4.03. The maximum absolute atomic E-state index is 13.0. The average molecular weight is 493 g/mol. The molecule has 3 N–H and O–H groups in total. The van der Waals surface area contributed by atoms with E-state index in [9.17, 15) is 13.2 Å². The molecule has 1 amide bonds. The number of benzene rings is 1. The van der Waals surface area contributed by atoms with E-state index in [1.165, 1.54) is 6.42 Å². The van der Waals surface area contributed by atoms with Gasteiger partial charge in [0.25, 0.3) is 10.0 Å². The Balaban J connectivity index is 1.42. The second-order valence-electron chi connectivity index (χ2n) is 8.67. The lowest BCUT2D eigenvalue weighted by Gasteiger charge is -2.27. The number of carbonyl (C=O) groups is 1. The summed E-state index contributed by atoms with van der Waals surface area (Å²) in [5.74, 6) is 0.554. The maximum Gasteiger partial charge on any atom is 0.265 e. The number of sulfonamides is 1. The Kier molecular flexibility index (Phi) is 6.96. The van der Waals surface area contributed by atoms with E-state index in [-0.39, 0.29) is 28.8 Å². The molecule has 2 heterocycles. The molecule has 0 saturated heterocycles. The van der Waals surface area contributed by atoms with E-state index < -0.39 is 16.1 Å². The van der Waals surface area contributed by atoms with Crippen LogP contribution in [0.5, 0.6) is 5.75 Å². The molecule has 0 radical (unpaired) electrons. The van der Waals surface area contributed by atoms with Gasteiger partial charge in [-0.05, 0) is 37.0 Å². The SMILES string of the molecule is CC(C)[C@@H](C(=O)NC1CCCCC1)n1cc(COc2ccc3nc(S(N)(=O)=O)sc3c2)nn1. The van der Waals surface area contributed by atoms with Gasteiger partial charge in [-0.25, -0.2) is 23.2 Å². The number of primary sulfonamides is 1. The Hall–Kier alpha value is -2.57. The van der Waals surface area contributed by atoms with Gasteiger partial charge in [0.15, 0.2) is 0 Å². The van der Waals surface area contributed by atoms with Crippen LogP contribution in [0.15, 0.2) is 28.7 Å². The second kappa shape index (κ2) is 9.74. The molecule has 2 aromatic heterocycles. The van der Waals surface area contributed by atoms with Crippen molar-refractivity contribution in [1.29, 1.82) is 0 Å². The van der Waals surface area contributed by atoms with E-state index in [2.05, 4.69) is 20.6 Å². The predicted octanol–water partition coefficient (Wildman–Crippen LogP) is 2.76. The minimum absolute atomic E-state index is 0.0319. The van der Waals surface area contributed by atoms with Gasteiger partial charge in [-0.3, -0.25) is 4.79 Å². The van der Waals surface area contributed by atoms with Gasteiger partial charge in [-0.15, -0.1) is 16.4 Å². The van der Waals surface area contributed by atoms with E-state index >= 15 is 0 Å². The summed E-state index contributed by atoms with van der Waals surface area (Å²) in [4.78, 5) is 17.0. The Labute approximate surface area is 196 Å². The van der Waals surface area contributed by atoms with Gasteiger partial charge in [0, 0.05) is 6.04 Å². The van der Waals surface area contributed by atoms with E-state index in [0.717, 1.165) is 37.0 Å². The summed E-state index contributed by atoms with van der Waals surface area (Å²) >= 11 is 0.988. The quantitative estimate of drug-likeness (QED) is 0.492. The molecule has 3 aromatic rings. The molecule has 1 atom stereocenters. The fraction of sp³-hybridized carbons (Fsp3) is 0.524. The average Bonchev–Trinajstić information content (AvgIpc) is 3.39. The summed E-state index contributed by atoms with van der Waals surface area (Å²) in [6.07, 6.45) is 7.31. The highest BCUT2D eigenvalue weighted by molar-refractivity contribution is 7.91. The first-order valence-electron chi connectivity index (χ1n) is 11.0. The first-order valence-corrected chi connectivity index (χ1v) is 13.3. The molecular weight excluding hydrogens is 464 g/mol. The minimum Gasteiger partial charge on any atom is -0.487 e. The molecule has 10 nitrogen and oxygen atoms in total. The number of nitrogens with two attached hydrogens (primary N) is 1. The van der Waals surface area contributed by atoms with Crippen molar-refractivity contribution < 1.29 is 17.9 Å². The van der Waals surface area contributed by atoms with Gasteiger partial charge in [0.1, 0.15) is 24.1 Å². The number of fused-ring (bicyclic) bond motifs is 1. The van der Waals surface area contributed by atoms with E-state index in [4.69, 9.17) is 9.88 Å². The minimum atomic E-state index is -3.85. The number of carbonyl (C=O) groups excluding carboxylic acids is 1. The number of hydrogen-bond donors (Lipinski definition) is 2. The van der Waals surface area contributed by atoms with Gasteiger partial charge >= 0.3 is 0 Å². The van der Waals surface area contributed by atoms with Crippen LogP contribution >= 0.6 is 11.3 Å². The molecule has 1 aliphatic rings. The Morgan fingerprint density at radius 3 is 2.76 bits per heavy atom. The van der Waals surface area contributed by atoms with Crippen LogP contribution in [0, 0.1) is 5.92 Å². The zero-order valence-electron chi connectivity index (χ0n) is 18.6. The van der Waals surface area contributed by atoms with Crippen LogP contribution in [0.3, 0.4) is 0 Å². The lowest BCUT2D eigenvalue weighted by atomic mass is 9.94. The lowest BCUT2D eigenvalue weighted by molar-refractivity contribution is -0.126. The summed E-state index contributed by atoms with van der Waals surface area (Å²) in [6, 6.07) is 4.87. The van der Waals surface area contributed by atoms with Gasteiger partial charge in [0.2, 0.25) is 10.2 Å². The van der Waals surface area contributed by atoms with E-state index in [1.54, 1.807) is 29.1 Å². The first-order chi connectivity index (χ1) is 15.7. The lowest BCUT2D eigenvalue weighted by Crippen LogP contribution is -2.42. The van der Waals surface area contributed by atoms with Crippen molar-refractivity contribution in [2.75, 3.05) is 0 Å². The molecule has 12 heteroatoms. The Morgan fingerprint density at radius 1 is 1.30 bits per heavy atom. The van der Waals surface area contributed by atoms with Crippen LogP contribution in [0.2, 0.25) is 0 Å². The molecule has 1 aliphatic carbocycles. The molecule has 0 bridgehead atoms. The third-order valence-electron chi connectivity index (χ3n) is 5.66. The maximum atomic E-state index is 13.0.